The molecular weight excluding hydrogens is 258 g/mol. The monoisotopic (exact) mass is 295 g/mol. The summed E-state index contributed by atoms with van der Waals surface area (Å²) in [4.78, 5) is 0. The van der Waals surface area contributed by atoms with Gasteiger partial charge in [0.15, 0.2) is 0 Å². The summed E-state index contributed by atoms with van der Waals surface area (Å²) in [6, 6.07) is 0. The number of nitrogens with two attached hydrogens (primary N) is 1. The Morgan fingerprint density at radius 1 is 1.00 bits per heavy atom. The minimum atomic E-state index is -0.574. The third-order valence-corrected chi connectivity index (χ3v) is 7.15. The minimum Gasteiger partial charge on any atom is -0.389 e. The van der Waals surface area contributed by atoms with Gasteiger partial charge in [0.1, 0.15) is 0 Å². The van der Waals surface area contributed by atoms with Gasteiger partial charge in [-0.25, -0.2) is 0 Å². The van der Waals surface area contributed by atoms with Crippen LogP contribution < -0.4 is 5.73 Å². The Morgan fingerprint density at radius 2 is 1.52 bits per heavy atom. The van der Waals surface area contributed by atoms with E-state index in [-0.39, 0.29) is 10.8 Å². The highest BCUT2D eigenvalue weighted by molar-refractivity contribution is 5.10. The van der Waals surface area contributed by atoms with Gasteiger partial charge in [-0.05, 0) is 55.3 Å². The molecule has 124 valence electrons. The molecule has 3 N–H and O–H groups in total. The Bertz CT molecular complexity index is 360. The molecule has 0 aliphatic heterocycles. The zero-order chi connectivity index (χ0) is 15.9. The lowest BCUT2D eigenvalue weighted by Gasteiger charge is -2.60. The molecule has 2 rings (SSSR count). The lowest BCUT2D eigenvalue weighted by molar-refractivity contribution is -0.197. The summed E-state index contributed by atoms with van der Waals surface area (Å²) < 4.78 is 0. The molecule has 1 unspecified atom stereocenters. The summed E-state index contributed by atoms with van der Waals surface area (Å²) in [5, 5.41) is 11.7. The maximum Gasteiger partial charge on any atom is 0.0766 e. The van der Waals surface area contributed by atoms with Crippen molar-refractivity contribution < 1.29 is 5.11 Å². The van der Waals surface area contributed by atoms with E-state index in [4.69, 9.17) is 5.73 Å². The quantitative estimate of drug-likeness (QED) is 0.788. The van der Waals surface area contributed by atoms with Gasteiger partial charge in [0, 0.05) is 12.0 Å². The van der Waals surface area contributed by atoms with Crippen molar-refractivity contribution in [1.29, 1.82) is 0 Å². The number of aliphatic hydroxyl groups is 1. The smallest absolute Gasteiger partial charge is 0.0766 e. The van der Waals surface area contributed by atoms with Crippen LogP contribution in [0.15, 0.2) is 0 Å². The van der Waals surface area contributed by atoms with Gasteiger partial charge in [0.25, 0.3) is 0 Å². The van der Waals surface area contributed by atoms with Crippen LogP contribution in [-0.2, 0) is 0 Å². The van der Waals surface area contributed by atoms with Crippen LogP contribution in [0.2, 0.25) is 0 Å². The van der Waals surface area contributed by atoms with Crippen molar-refractivity contribution >= 4 is 0 Å². The first kappa shape index (κ1) is 17.3. The van der Waals surface area contributed by atoms with Gasteiger partial charge in [0.2, 0.25) is 0 Å². The average molecular weight is 296 g/mol. The molecule has 2 aliphatic carbocycles. The number of rotatable bonds is 2. The molecule has 0 saturated heterocycles. The van der Waals surface area contributed by atoms with E-state index in [9.17, 15) is 5.11 Å². The van der Waals surface area contributed by atoms with E-state index in [1.807, 2.05) is 0 Å². The molecule has 0 aromatic rings. The van der Waals surface area contributed by atoms with Crippen LogP contribution in [0.25, 0.3) is 0 Å². The first-order chi connectivity index (χ1) is 9.58. The lowest BCUT2D eigenvalue weighted by Crippen LogP contribution is -2.63. The molecule has 0 aromatic carbocycles. The fraction of sp³-hybridized carbons (Fsp3) is 1.00. The molecule has 2 nitrogen and oxygen atoms in total. The Balaban J connectivity index is 2.23. The highest BCUT2D eigenvalue weighted by atomic mass is 16.3. The van der Waals surface area contributed by atoms with E-state index in [0.29, 0.717) is 12.0 Å². The predicted molar refractivity (Wildman–Crippen MR) is 90.1 cm³/mol. The lowest BCUT2D eigenvalue weighted by atomic mass is 9.49. The molecule has 0 amide bonds. The first-order valence-corrected chi connectivity index (χ1v) is 9.00. The molecule has 1 atom stereocenters. The zero-order valence-corrected chi connectivity index (χ0v) is 15.0. The molecule has 21 heavy (non-hydrogen) atoms. The van der Waals surface area contributed by atoms with Crippen LogP contribution in [0.3, 0.4) is 0 Å². The second-order valence-corrected chi connectivity index (χ2v) is 9.58. The zero-order valence-electron chi connectivity index (χ0n) is 15.0. The van der Waals surface area contributed by atoms with E-state index < -0.39 is 5.60 Å². The molecule has 0 heterocycles. The van der Waals surface area contributed by atoms with Gasteiger partial charge in [0.05, 0.1) is 5.60 Å². The van der Waals surface area contributed by atoms with Gasteiger partial charge >= 0.3 is 0 Å². The van der Waals surface area contributed by atoms with Crippen LogP contribution in [0.1, 0.15) is 86.0 Å². The summed E-state index contributed by atoms with van der Waals surface area (Å²) in [5.74, 6) is 0.771. The molecule has 0 radical (unpaired) electrons. The summed E-state index contributed by atoms with van der Waals surface area (Å²) >= 11 is 0. The van der Waals surface area contributed by atoms with Crippen molar-refractivity contribution in [2.24, 2.45) is 27.9 Å². The third-order valence-electron chi connectivity index (χ3n) is 7.15. The van der Waals surface area contributed by atoms with Crippen molar-refractivity contribution in [3.8, 4) is 0 Å². The van der Waals surface area contributed by atoms with E-state index in [1.54, 1.807) is 0 Å². The largest absolute Gasteiger partial charge is 0.389 e. The van der Waals surface area contributed by atoms with Crippen LogP contribution in [0.5, 0.6) is 0 Å². The molecule has 0 aromatic heterocycles. The van der Waals surface area contributed by atoms with Crippen molar-refractivity contribution in [1.82, 2.24) is 0 Å². The van der Waals surface area contributed by atoms with Gasteiger partial charge in [-0.15, -0.1) is 0 Å². The third kappa shape index (κ3) is 2.79. The maximum absolute atomic E-state index is 11.7. The predicted octanol–water partition coefficient (Wildman–Crippen LogP) is 4.50. The molecule has 0 bridgehead atoms. The average Bonchev–Trinajstić information content (AvgIpc) is 2.41. The highest BCUT2D eigenvalue weighted by Gasteiger charge is 2.59. The van der Waals surface area contributed by atoms with Crippen molar-refractivity contribution in [3.05, 3.63) is 0 Å². The molecule has 0 spiro atoms. The maximum atomic E-state index is 11.7. The normalized spacial score (nSPS) is 41.0. The second-order valence-electron chi connectivity index (χ2n) is 9.58. The van der Waals surface area contributed by atoms with Crippen LogP contribution in [-0.4, -0.2) is 17.3 Å². The van der Waals surface area contributed by atoms with Crippen molar-refractivity contribution in [3.63, 3.8) is 0 Å². The van der Waals surface area contributed by atoms with Crippen LogP contribution in [0.4, 0.5) is 0 Å². The summed E-state index contributed by atoms with van der Waals surface area (Å²) in [6.07, 6.45) is 9.13. The molecular formula is C19H37NO. The summed E-state index contributed by atoms with van der Waals surface area (Å²) in [7, 11) is 0. The fourth-order valence-corrected chi connectivity index (χ4v) is 5.30. The molecule has 2 aliphatic rings. The van der Waals surface area contributed by atoms with Gasteiger partial charge in [-0.1, -0.05) is 47.5 Å². The first-order valence-electron chi connectivity index (χ1n) is 9.00. The molecule has 2 heteroatoms. The van der Waals surface area contributed by atoms with E-state index in [2.05, 4.69) is 34.6 Å². The van der Waals surface area contributed by atoms with Crippen LogP contribution >= 0.6 is 0 Å². The summed E-state index contributed by atoms with van der Waals surface area (Å²) in [6.45, 7) is 12.2. The van der Waals surface area contributed by atoms with Crippen LogP contribution in [0, 0.1) is 22.2 Å². The Kier molecular flexibility index (Phi) is 4.55. The minimum absolute atomic E-state index is 0.000804. The standard InChI is InChI=1S/C19H37NO/c1-16(2,3)15-8-12-18(14-20,13-9-15)19(21)11-7-6-10-17(19,4)5/h15,21H,6-14,20H2,1-5H3. The highest BCUT2D eigenvalue weighted by Crippen LogP contribution is 2.59. The topological polar surface area (TPSA) is 46.2 Å². The number of hydrogen-bond acceptors (Lipinski definition) is 2. The Morgan fingerprint density at radius 3 is 1.95 bits per heavy atom. The van der Waals surface area contributed by atoms with E-state index in [1.165, 1.54) is 19.3 Å². The van der Waals surface area contributed by atoms with E-state index in [0.717, 1.165) is 38.0 Å². The molecule has 2 fully saturated rings. The number of hydrogen-bond donors (Lipinski definition) is 2. The Hall–Kier alpha value is -0.0800. The van der Waals surface area contributed by atoms with E-state index >= 15 is 0 Å². The Labute approximate surface area is 131 Å². The molecule has 2 saturated carbocycles. The SMILES string of the molecule is CC(C)(C)C1CCC(CN)(C2(O)CCCCC2(C)C)CC1. The second kappa shape index (κ2) is 5.53. The summed E-state index contributed by atoms with van der Waals surface area (Å²) in [5.41, 5.74) is 6.02. The van der Waals surface area contributed by atoms with Crippen molar-refractivity contribution in [2.75, 3.05) is 6.54 Å². The van der Waals surface area contributed by atoms with Gasteiger partial charge in [-0.3, -0.25) is 0 Å². The van der Waals surface area contributed by atoms with Gasteiger partial charge < -0.3 is 10.8 Å². The van der Waals surface area contributed by atoms with Crippen molar-refractivity contribution in [2.45, 2.75) is 91.6 Å². The fourth-order valence-electron chi connectivity index (χ4n) is 5.30. The van der Waals surface area contributed by atoms with Gasteiger partial charge in [-0.2, -0.15) is 0 Å².